The normalized spacial score (nSPS) is 11.5. The van der Waals surface area contributed by atoms with Crippen LogP contribution in [-0.4, -0.2) is 16.5 Å². The van der Waals surface area contributed by atoms with Crippen molar-refractivity contribution in [3.63, 3.8) is 0 Å². The fourth-order valence-electron chi connectivity index (χ4n) is 1.82. The first-order valence-electron chi connectivity index (χ1n) is 5.62. The molecule has 0 saturated carbocycles. The lowest BCUT2D eigenvalue weighted by Gasteiger charge is -2.18. The Morgan fingerprint density at radius 2 is 1.82 bits per heavy atom. The molecule has 2 rings (SSSR count). The summed E-state index contributed by atoms with van der Waals surface area (Å²) in [7, 11) is 0. The Bertz CT molecular complexity index is 518. The molecule has 3 heteroatoms. The third kappa shape index (κ3) is 2.28. The van der Waals surface area contributed by atoms with Gasteiger partial charge in [-0.25, -0.2) is 0 Å². The Kier molecular flexibility index (Phi) is 2.84. The number of hydrogen-bond donors (Lipinski definition) is 1. The Hall–Kier alpha value is -1.90. The van der Waals surface area contributed by atoms with Gasteiger partial charge < -0.3 is 0 Å². The number of aldehydes is 1. The molecule has 0 saturated heterocycles. The molecule has 0 aliphatic carbocycles. The quantitative estimate of drug-likeness (QED) is 0.802. The summed E-state index contributed by atoms with van der Waals surface area (Å²) in [5, 5.41) is 7.17. The third-order valence-electron chi connectivity index (χ3n) is 2.75. The zero-order valence-electron chi connectivity index (χ0n) is 10.3. The van der Waals surface area contributed by atoms with Crippen LogP contribution in [0.2, 0.25) is 0 Å². The van der Waals surface area contributed by atoms with Gasteiger partial charge in [0, 0.05) is 22.2 Å². The standard InChI is InChI=1S/C14H16N2O/c1-14(2,3)13-12(8-15-16-13)11-6-4-10(9-17)5-7-11/h4-9H,1-3H3,(H,15,16). The molecule has 0 atom stereocenters. The summed E-state index contributed by atoms with van der Waals surface area (Å²) in [4.78, 5) is 10.6. The van der Waals surface area contributed by atoms with Crippen molar-refractivity contribution in [3.05, 3.63) is 41.7 Å². The number of hydrogen-bond acceptors (Lipinski definition) is 2. The average molecular weight is 228 g/mol. The van der Waals surface area contributed by atoms with Gasteiger partial charge in [0.2, 0.25) is 0 Å². The first-order chi connectivity index (χ1) is 8.02. The number of aromatic nitrogens is 2. The summed E-state index contributed by atoms with van der Waals surface area (Å²) in [5.74, 6) is 0. The zero-order valence-corrected chi connectivity index (χ0v) is 10.3. The summed E-state index contributed by atoms with van der Waals surface area (Å²) >= 11 is 0. The number of nitrogens with one attached hydrogen (secondary N) is 1. The predicted molar refractivity (Wildman–Crippen MR) is 68.1 cm³/mol. The molecular weight excluding hydrogens is 212 g/mol. The lowest BCUT2D eigenvalue weighted by Crippen LogP contribution is -2.13. The maximum atomic E-state index is 10.6. The van der Waals surface area contributed by atoms with Crippen LogP contribution in [-0.2, 0) is 5.41 Å². The number of H-pyrrole nitrogens is 1. The van der Waals surface area contributed by atoms with E-state index >= 15 is 0 Å². The lowest BCUT2D eigenvalue weighted by atomic mass is 9.87. The molecular formula is C14H16N2O. The van der Waals surface area contributed by atoms with E-state index in [2.05, 4.69) is 31.0 Å². The van der Waals surface area contributed by atoms with E-state index in [4.69, 9.17) is 0 Å². The van der Waals surface area contributed by atoms with E-state index in [1.807, 2.05) is 30.5 Å². The third-order valence-corrected chi connectivity index (χ3v) is 2.75. The van der Waals surface area contributed by atoms with E-state index in [0.29, 0.717) is 5.56 Å². The van der Waals surface area contributed by atoms with Gasteiger partial charge in [-0.05, 0) is 5.56 Å². The van der Waals surface area contributed by atoms with Crippen LogP contribution in [0.4, 0.5) is 0 Å². The van der Waals surface area contributed by atoms with Gasteiger partial charge in [-0.1, -0.05) is 45.0 Å². The fraction of sp³-hybridized carbons (Fsp3) is 0.286. The van der Waals surface area contributed by atoms with Crippen LogP contribution in [0.25, 0.3) is 11.1 Å². The van der Waals surface area contributed by atoms with Gasteiger partial charge >= 0.3 is 0 Å². The second kappa shape index (κ2) is 4.17. The molecule has 0 aliphatic heterocycles. The van der Waals surface area contributed by atoms with Gasteiger partial charge in [0.1, 0.15) is 6.29 Å². The molecule has 1 heterocycles. The molecule has 0 fully saturated rings. The number of nitrogens with zero attached hydrogens (tertiary/aromatic N) is 1. The Morgan fingerprint density at radius 1 is 1.18 bits per heavy atom. The molecule has 1 N–H and O–H groups in total. The van der Waals surface area contributed by atoms with Gasteiger partial charge in [-0.2, -0.15) is 5.10 Å². The number of carbonyl (C=O) groups excluding carboxylic acids is 1. The van der Waals surface area contributed by atoms with E-state index in [9.17, 15) is 4.79 Å². The minimum Gasteiger partial charge on any atom is -0.298 e. The molecule has 0 bridgehead atoms. The molecule has 0 spiro atoms. The van der Waals surface area contributed by atoms with Crippen molar-refractivity contribution in [1.29, 1.82) is 0 Å². The maximum Gasteiger partial charge on any atom is 0.150 e. The molecule has 0 radical (unpaired) electrons. The molecule has 2 aromatic rings. The Morgan fingerprint density at radius 3 is 2.35 bits per heavy atom. The minimum atomic E-state index is 0.0230. The van der Waals surface area contributed by atoms with Crippen molar-refractivity contribution in [2.75, 3.05) is 0 Å². The first-order valence-corrected chi connectivity index (χ1v) is 5.62. The first kappa shape index (κ1) is 11.6. The number of benzene rings is 1. The highest BCUT2D eigenvalue weighted by molar-refractivity contribution is 5.77. The molecule has 0 aliphatic rings. The Balaban J connectivity index is 2.46. The van der Waals surface area contributed by atoms with E-state index in [1.165, 1.54) is 0 Å². The van der Waals surface area contributed by atoms with Gasteiger partial charge in [-0.3, -0.25) is 9.89 Å². The van der Waals surface area contributed by atoms with E-state index in [-0.39, 0.29) is 5.41 Å². The SMILES string of the molecule is CC(C)(C)c1[nH]ncc1-c1ccc(C=O)cc1. The van der Waals surface area contributed by atoms with Gasteiger partial charge in [0.15, 0.2) is 0 Å². The van der Waals surface area contributed by atoms with Crippen LogP contribution < -0.4 is 0 Å². The zero-order chi connectivity index (χ0) is 12.5. The van der Waals surface area contributed by atoms with Crippen LogP contribution >= 0.6 is 0 Å². The van der Waals surface area contributed by atoms with Crippen molar-refractivity contribution in [1.82, 2.24) is 10.2 Å². The summed E-state index contributed by atoms with van der Waals surface area (Å²) in [6.45, 7) is 6.43. The van der Waals surface area contributed by atoms with Crippen LogP contribution in [0.1, 0.15) is 36.8 Å². The van der Waals surface area contributed by atoms with Crippen molar-refractivity contribution in [3.8, 4) is 11.1 Å². The van der Waals surface area contributed by atoms with E-state index < -0.39 is 0 Å². The number of aromatic amines is 1. The van der Waals surface area contributed by atoms with Crippen molar-refractivity contribution >= 4 is 6.29 Å². The highest BCUT2D eigenvalue weighted by Gasteiger charge is 2.20. The van der Waals surface area contributed by atoms with Crippen molar-refractivity contribution in [2.45, 2.75) is 26.2 Å². The van der Waals surface area contributed by atoms with Gasteiger partial charge in [-0.15, -0.1) is 0 Å². The topological polar surface area (TPSA) is 45.8 Å². The highest BCUT2D eigenvalue weighted by Crippen LogP contribution is 2.30. The summed E-state index contributed by atoms with van der Waals surface area (Å²) in [6, 6.07) is 7.54. The summed E-state index contributed by atoms with van der Waals surface area (Å²) in [5.41, 5.74) is 3.99. The average Bonchev–Trinajstić information content (AvgIpc) is 2.78. The van der Waals surface area contributed by atoms with Crippen LogP contribution in [0, 0.1) is 0 Å². The molecule has 3 nitrogen and oxygen atoms in total. The van der Waals surface area contributed by atoms with E-state index in [0.717, 1.165) is 23.1 Å². The van der Waals surface area contributed by atoms with Crippen LogP contribution in [0.3, 0.4) is 0 Å². The maximum absolute atomic E-state index is 10.6. The monoisotopic (exact) mass is 228 g/mol. The number of carbonyl (C=O) groups is 1. The molecule has 88 valence electrons. The van der Waals surface area contributed by atoms with E-state index in [1.54, 1.807) is 0 Å². The Labute approximate surface area is 101 Å². The summed E-state index contributed by atoms with van der Waals surface area (Å²) in [6.07, 6.45) is 2.68. The molecule has 17 heavy (non-hydrogen) atoms. The predicted octanol–water partition coefficient (Wildman–Crippen LogP) is 3.19. The van der Waals surface area contributed by atoms with Crippen LogP contribution in [0.15, 0.2) is 30.5 Å². The molecule has 0 unspecified atom stereocenters. The van der Waals surface area contributed by atoms with Gasteiger partial charge in [0.25, 0.3) is 0 Å². The number of rotatable bonds is 2. The molecule has 1 aromatic carbocycles. The molecule has 0 amide bonds. The second-order valence-corrected chi connectivity index (χ2v) is 5.15. The minimum absolute atomic E-state index is 0.0230. The van der Waals surface area contributed by atoms with Gasteiger partial charge in [0.05, 0.1) is 6.20 Å². The smallest absolute Gasteiger partial charge is 0.150 e. The fourth-order valence-corrected chi connectivity index (χ4v) is 1.82. The largest absolute Gasteiger partial charge is 0.298 e. The van der Waals surface area contributed by atoms with Crippen molar-refractivity contribution in [2.24, 2.45) is 0 Å². The molecule has 1 aromatic heterocycles. The lowest BCUT2D eigenvalue weighted by molar-refractivity contribution is 0.112. The summed E-state index contributed by atoms with van der Waals surface area (Å²) < 4.78 is 0. The van der Waals surface area contributed by atoms with Crippen LogP contribution in [0.5, 0.6) is 0 Å². The van der Waals surface area contributed by atoms with Crippen molar-refractivity contribution < 1.29 is 4.79 Å². The second-order valence-electron chi connectivity index (χ2n) is 5.15. The highest BCUT2D eigenvalue weighted by atomic mass is 16.1.